The second-order valence-corrected chi connectivity index (χ2v) is 13.2. The molecular weight excluding hydrogens is 595 g/mol. The summed E-state index contributed by atoms with van der Waals surface area (Å²) in [7, 11) is 0. The monoisotopic (exact) mass is 629 g/mol. The van der Waals surface area contributed by atoms with Gasteiger partial charge >= 0.3 is 12.1 Å². The summed E-state index contributed by atoms with van der Waals surface area (Å²) < 4.78 is 45.8. The number of ether oxygens (including phenoxy) is 1. The Morgan fingerprint density at radius 2 is 1.98 bits per heavy atom. The standard InChI is InChI=1S/C28H34F3N5O4S.ClH/c1-4-19-13-21(5-6-24(19)40-12-9-18-7-10-35(11-8-18)17-25(37)38)41-27(2,3)26(39)36(34-41)20-14-22(28(29,30)31)23(15-32)33-16-20;/h5-6,13-14,16,18,34,41H,4,7-12,17H2,1-3H3,(H,37,38);1H. The van der Waals surface area contributed by atoms with Crippen LogP contribution in [0, 0.1) is 17.2 Å². The molecular formula is C28H35ClF3N5O4S. The van der Waals surface area contributed by atoms with E-state index in [1.165, 1.54) is 6.07 Å². The molecule has 2 aliphatic rings. The van der Waals surface area contributed by atoms with E-state index in [0.717, 1.165) is 65.8 Å². The number of thiol groups is 1. The zero-order chi connectivity index (χ0) is 29.9. The van der Waals surface area contributed by atoms with Crippen molar-refractivity contribution in [1.29, 1.82) is 5.26 Å². The molecule has 2 aliphatic heterocycles. The number of piperidine rings is 1. The van der Waals surface area contributed by atoms with Crippen LogP contribution in [0.5, 0.6) is 5.75 Å². The number of likely N-dealkylation sites (tertiary alicyclic amines) is 1. The highest BCUT2D eigenvalue weighted by atomic mass is 35.5. The van der Waals surface area contributed by atoms with Gasteiger partial charge in [0.15, 0.2) is 5.69 Å². The van der Waals surface area contributed by atoms with E-state index in [9.17, 15) is 22.8 Å². The fourth-order valence-electron chi connectivity index (χ4n) is 5.16. The minimum Gasteiger partial charge on any atom is -0.493 e. The number of anilines is 1. The van der Waals surface area contributed by atoms with Gasteiger partial charge in [-0.1, -0.05) is 6.92 Å². The summed E-state index contributed by atoms with van der Waals surface area (Å²) in [6, 6.07) is 7.97. The Morgan fingerprint density at radius 1 is 1.29 bits per heavy atom. The number of nitriles is 1. The van der Waals surface area contributed by atoms with Crippen molar-refractivity contribution in [3.8, 4) is 11.8 Å². The first kappa shape index (κ1) is 33.5. The van der Waals surface area contributed by atoms with Crippen LogP contribution in [0.25, 0.3) is 0 Å². The molecule has 2 aromatic rings. The van der Waals surface area contributed by atoms with Crippen LogP contribution in [0.3, 0.4) is 0 Å². The maximum Gasteiger partial charge on any atom is 0.419 e. The maximum atomic E-state index is 13.5. The molecule has 0 bridgehead atoms. The summed E-state index contributed by atoms with van der Waals surface area (Å²) in [5.74, 6) is 0.0265. The highest BCUT2D eigenvalue weighted by molar-refractivity contribution is 8.17. The number of rotatable bonds is 9. The fraction of sp³-hybridized carbons (Fsp3) is 0.500. The molecule has 0 aliphatic carbocycles. The number of alkyl halides is 3. The molecule has 1 amide bonds. The van der Waals surface area contributed by atoms with Crippen LogP contribution in [-0.4, -0.2) is 57.9 Å². The number of amides is 1. The number of hydrazine groups is 1. The first-order valence-corrected chi connectivity index (χ1v) is 14.8. The third-order valence-electron chi connectivity index (χ3n) is 7.56. The van der Waals surface area contributed by atoms with Gasteiger partial charge in [-0.2, -0.15) is 23.3 Å². The number of carbonyl (C=O) groups is 2. The van der Waals surface area contributed by atoms with Gasteiger partial charge < -0.3 is 9.84 Å². The average Bonchev–Trinajstić information content (AvgIpc) is 3.17. The lowest BCUT2D eigenvalue weighted by atomic mass is 9.94. The van der Waals surface area contributed by atoms with Gasteiger partial charge in [-0.15, -0.1) is 23.5 Å². The Kier molecular flexibility index (Phi) is 10.8. The Balaban J connectivity index is 0.00000484. The molecule has 1 aromatic heterocycles. The van der Waals surface area contributed by atoms with Gasteiger partial charge in [0.1, 0.15) is 11.8 Å². The van der Waals surface area contributed by atoms with Crippen LogP contribution >= 0.6 is 23.5 Å². The molecule has 4 rings (SSSR count). The molecule has 0 spiro atoms. The smallest absolute Gasteiger partial charge is 0.419 e. The predicted octanol–water partition coefficient (Wildman–Crippen LogP) is 5.13. The van der Waals surface area contributed by atoms with Crippen LogP contribution in [0.4, 0.5) is 18.9 Å². The van der Waals surface area contributed by atoms with Crippen molar-refractivity contribution in [2.75, 3.05) is 31.3 Å². The Bertz CT molecular complexity index is 1350. The number of carboxylic acids is 1. The summed E-state index contributed by atoms with van der Waals surface area (Å²) in [6.07, 6.45) is -0.268. The molecule has 2 saturated heterocycles. The van der Waals surface area contributed by atoms with E-state index < -0.39 is 45.1 Å². The maximum absolute atomic E-state index is 13.5. The quantitative estimate of drug-likeness (QED) is 0.327. The predicted molar refractivity (Wildman–Crippen MR) is 156 cm³/mol. The molecule has 2 N–H and O–H groups in total. The van der Waals surface area contributed by atoms with E-state index in [-0.39, 0.29) is 24.6 Å². The molecule has 42 heavy (non-hydrogen) atoms. The van der Waals surface area contributed by atoms with E-state index in [1.807, 2.05) is 30.0 Å². The Labute approximate surface area is 251 Å². The molecule has 1 atom stereocenters. The summed E-state index contributed by atoms with van der Waals surface area (Å²) in [6.45, 7) is 7.66. The molecule has 0 saturated carbocycles. The summed E-state index contributed by atoms with van der Waals surface area (Å²) in [5.41, 5.74) is -1.06. The number of hydrogen-bond acceptors (Lipinski definition) is 7. The van der Waals surface area contributed by atoms with E-state index in [0.29, 0.717) is 18.9 Å². The van der Waals surface area contributed by atoms with Crippen molar-refractivity contribution in [2.45, 2.75) is 62.3 Å². The van der Waals surface area contributed by atoms with Crippen LogP contribution in [0.2, 0.25) is 0 Å². The van der Waals surface area contributed by atoms with Crippen LogP contribution in [0.1, 0.15) is 56.9 Å². The number of nitrogens with zero attached hydrogens (tertiary/aromatic N) is 4. The van der Waals surface area contributed by atoms with E-state index in [1.54, 1.807) is 13.8 Å². The van der Waals surface area contributed by atoms with Crippen LogP contribution in [0.15, 0.2) is 35.4 Å². The molecule has 9 nitrogen and oxygen atoms in total. The summed E-state index contributed by atoms with van der Waals surface area (Å²) >= 11 is -1.35. The molecule has 1 aromatic carbocycles. The fourth-order valence-corrected chi connectivity index (χ4v) is 7.38. The van der Waals surface area contributed by atoms with E-state index in [2.05, 4.69) is 9.82 Å². The van der Waals surface area contributed by atoms with Crippen molar-refractivity contribution >= 4 is 41.1 Å². The van der Waals surface area contributed by atoms with Gasteiger partial charge in [-0.25, -0.2) is 9.99 Å². The first-order chi connectivity index (χ1) is 19.3. The van der Waals surface area contributed by atoms with Crippen molar-refractivity contribution in [1.82, 2.24) is 14.7 Å². The zero-order valence-corrected chi connectivity index (χ0v) is 25.3. The van der Waals surface area contributed by atoms with Gasteiger partial charge in [0.05, 0.1) is 35.3 Å². The second kappa shape index (κ2) is 13.5. The van der Waals surface area contributed by atoms with Crippen molar-refractivity contribution in [3.05, 3.63) is 47.3 Å². The number of aryl methyl sites for hydroxylation is 1. The topological polar surface area (TPSA) is 119 Å². The minimum atomic E-state index is -4.79. The molecule has 2 fully saturated rings. The first-order valence-electron chi connectivity index (χ1n) is 13.4. The van der Waals surface area contributed by atoms with Crippen molar-refractivity contribution in [2.24, 2.45) is 5.92 Å². The summed E-state index contributed by atoms with van der Waals surface area (Å²) in [4.78, 5) is 33.9. The largest absolute Gasteiger partial charge is 0.493 e. The number of carboxylic acid groups (broad SMARTS) is 1. The van der Waals surface area contributed by atoms with Crippen LogP contribution < -0.4 is 14.6 Å². The SMILES string of the molecule is CCc1cc([SH]2NN(c3cnc(C#N)c(C(F)(F)F)c3)C(=O)C2(C)C)ccc1OCCC1CCN(CC(=O)O)CC1.Cl. The van der Waals surface area contributed by atoms with Gasteiger partial charge in [0.2, 0.25) is 0 Å². The number of benzene rings is 1. The number of aliphatic carboxylic acids is 1. The molecule has 14 heteroatoms. The van der Waals surface area contributed by atoms with Gasteiger partial charge in [-0.05, 0) is 88.4 Å². The minimum absolute atomic E-state index is 0. The lowest BCUT2D eigenvalue weighted by Gasteiger charge is -2.30. The van der Waals surface area contributed by atoms with E-state index >= 15 is 0 Å². The lowest BCUT2D eigenvalue weighted by molar-refractivity contribution is -0.139. The molecule has 3 heterocycles. The normalized spacial score (nSPS) is 20.2. The highest BCUT2D eigenvalue weighted by Gasteiger charge is 2.47. The van der Waals surface area contributed by atoms with Crippen LogP contribution in [-0.2, 0) is 22.2 Å². The highest BCUT2D eigenvalue weighted by Crippen LogP contribution is 2.52. The lowest BCUT2D eigenvalue weighted by Crippen LogP contribution is -2.38. The third-order valence-corrected chi connectivity index (χ3v) is 10.1. The van der Waals surface area contributed by atoms with E-state index in [4.69, 9.17) is 15.1 Å². The van der Waals surface area contributed by atoms with Crippen molar-refractivity contribution in [3.63, 3.8) is 0 Å². The number of carbonyl (C=O) groups excluding carboxylic acids is 1. The molecule has 230 valence electrons. The Morgan fingerprint density at radius 3 is 2.57 bits per heavy atom. The van der Waals surface area contributed by atoms with Gasteiger partial charge in [0, 0.05) is 4.90 Å². The van der Waals surface area contributed by atoms with Crippen molar-refractivity contribution < 1.29 is 32.6 Å². The zero-order valence-electron chi connectivity index (χ0n) is 23.6. The number of nitrogens with one attached hydrogen (secondary N) is 1. The van der Waals surface area contributed by atoms with Gasteiger partial charge in [-0.3, -0.25) is 14.5 Å². The third kappa shape index (κ3) is 7.29. The molecule has 0 radical (unpaired) electrons. The van der Waals surface area contributed by atoms with Gasteiger partial charge in [0.25, 0.3) is 5.91 Å². The number of hydrogen-bond donors (Lipinski definition) is 3. The number of halogens is 4. The number of aromatic nitrogens is 1. The second-order valence-electron chi connectivity index (χ2n) is 10.7. The average molecular weight is 630 g/mol. The number of pyridine rings is 1. The Hall–Kier alpha value is -3.05. The summed E-state index contributed by atoms with van der Waals surface area (Å²) in [5, 5.41) is 19.1. The molecule has 1 unspecified atom stereocenters.